The molecular formula is C49H35N. The molecule has 1 aromatic heterocycles. The first-order chi connectivity index (χ1) is 24.6. The third-order valence-corrected chi connectivity index (χ3v) is 11.8. The Morgan fingerprint density at radius 3 is 2.06 bits per heavy atom. The van der Waals surface area contributed by atoms with Crippen molar-refractivity contribution in [3.63, 3.8) is 0 Å². The quantitative estimate of drug-likeness (QED) is 0.166. The summed E-state index contributed by atoms with van der Waals surface area (Å²) in [5.74, 6) is 0. The molecular weight excluding hydrogens is 603 g/mol. The average Bonchev–Trinajstić information content (AvgIpc) is 3.50. The zero-order valence-corrected chi connectivity index (χ0v) is 28.3. The molecule has 1 nitrogen and oxygen atoms in total. The van der Waals surface area contributed by atoms with E-state index < -0.39 is 0 Å². The zero-order valence-electron chi connectivity index (χ0n) is 28.3. The number of rotatable bonds is 2. The van der Waals surface area contributed by atoms with Crippen molar-refractivity contribution < 1.29 is 0 Å². The maximum absolute atomic E-state index is 2.54. The van der Waals surface area contributed by atoms with E-state index >= 15 is 0 Å². The van der Waals surface area contributed by atoms with Crippen molar-refractivity contribution in [3.8, 4) is 27.9 Å². The van der Waals surface area contributed by atoms with Crippen molar-refractivity contribution in [2.75, 3.05) is 0 Å². The topological polar surface area (TPSA) is 4.93 Å². The largest absolute Gasteiger partial charge is 0.309 e. The van der Waals surface area contributed by atoms with Crippen molar-refractivity contribution in [3.05, 3.63) is 168 Å². The summed E-state index contributed by atoms with van der Waals surface area (Å²) in [6, 6.07) is 52.7. The Balaban J connectivity index is 1.26. The van der Waals surface area contributed by atoms with Crippen LogP contribution in [-0.4, -0.2) is 4.57 Å². The van der Waals surface area contributed by atoms with Crippen molar-refractivity contribution in [2.24, 2.45) is 0 Å². The fraction of sp³-hybridized carbons (Fsp3) is 0.102. The molecule has 0 spiro atoms. The van der Waals surface area contributed by atoms with Crippen LogP contribution in [0.25, 0.3) is 88.1 Å². The lowest BCUT2D eigenvalue weighted by molar-refractivity contribution is 0.630. The maximum Gasteiger partial charge on any atom is 0.0582 e. The molecule has 2 heterocycles. The predicted octanol–water partition coefficient (Wildman–Crippen LogP) is 13.2. The van der Waals surface area contributed by atoms with E-state index in [4.69, 9.17) is 0 Å². The first-order valence-corrected chi connectivity index (χ1v) is 17.9. The van der Waals surface area contributed by atoms with Gasteiger partial charge in [-0.25, -0.2) is 0 Å². The molecule has 236 valence electrons. The van der Waals surface area contributed by atoms with Crippen molar-refractivity contribution in [2.45, 2.75) is 32.1 Å². The second-order valence-electron chi connectivity index (χ2n) is 14.8. The van der Waals surface area contributed by atoms with Crippen LogP contribution in [0.15, 0.2) is 146 Å². The van der Waals surface area contributed by atoms with Crippen LogP contribution in [-0.2, 0) is 11.8 Å². The van der Waals surface area contributed by atoms with E-state index in [1.165, 1.54) is 104 Å². The number of nitrogens with zero attached hydrogens (tertiary/aromatic N) is 1. The number of hydrogen-bond acceptors (Lipinski definition) is 0. The lowest BCUT2D eigenvalue weighted by atomic mass is 9.74. The Kier molecular flexibility index (Phi) is 5.63. The van der Waals surface area contributed by atoms with Crippen LogP contribution < -0.4 is 0 Å². The fourth-order valence-electron chi connectivity index (χ4n) is 9.40. The monoisotopic (exact) mass is 637 g/mol. The molecule has 9 aromatic rings. The van der Waals surface area contributed by atoms with E-state index in [0.717, 1.165) is 12.8 Å². The molecule has 11 rings (SSSR count). The number of allylic oxidation sites excluding steroid dienone is 1. The standard InChI is InChI=1S/C49H35N/c1-49(2)44-21-11-12-22-47(44)50-46-24-23-32(40-25-30-13-3-5-15-34(30)36-17-7-9-19-38(36)40)27-42(46)43-28-33(29-45(49)48(43)50)41-26-31-14-4-6-16-35(31)37-18-8-10-20-39(37)41/h3-6,8-16,18-29H,7,17H2,1-2H3. The Hall–Kier alpha value is -5.92. The molecule has 2 aliphatic rings. The van der Waals surface area contributed by atoms with Gasteiger partial charge in [0.1, 0.15) is 0 Å². The van der Waals surface area contributed by atoms with Gasteiger partial charge < -0.3 is 4.57 Å². The molecule has 0 atom stereocenters. The third kappa shape index (κ3) is 3.72. The average molecular weight is 638 g/mol. The van der Waals surface area contributed by atoms with Gasteiger partial charge in [0.2, 0.25) is 0 Å². The molecule has 1 aliphatic carbocycles. The van der Waals surface area contributed by atoms with Gasteiger partial charge in [-0.1, -0.05) is 123 Å². The molecule has 0 saturated carbocycles. The Morgan fingerprint density at radius 1 is 0.520 bits per heavy atom. The molecule has 0 amide bonds. The lowest BCUT2D eigenvalue weighted by Crippen LogP contribution is -2.26. The summed E-state index contributed by atoms with van der Waals surface area (Å²) in [4.78, 5) is 0. The van der Waals surface area contributed by atoms with E-state index in [-0.39, 0.29) is 5.41 Å². The molecule has 0 unspecified atom stereocenters. The fourth-order valence-corrected chi connectivity index (χ4v) is 9.40. The minimum atomic E-state index is -0.174. The molecule has 0 saturated heterocycles. The van der Waals surface area contributed by atoms with Gasteiger partial charge in [-0.2, -0.15) is 0 Å². The third-order valence-electron chi connectivity index (χ3n) is 11.8. The molecule has 1 heteroatoms. The summed E-state index contributed by atoms with van der Waals surface area (Å²) in [5, 5.41) is 10.5. The van der Waals surface area contributed by atoms with Crippen molar-refractivity contribution >= 4 is 60.2 Å². The van der Waals surface area contributed by atoms with E-state index in [0.29, 0.717) is 0 Å². The SMILES string of the molecule is CC1(C)c2ccccc2-n2c3ccc(-c4cc5ccccc5c5c4C=CCC5)cc3c3cc(-c4cc5ccccc5c5ccccc45)cc1c32. The number of para-hydroxylation sites is 1. The Labute approximate surface area is 291 Å². The number of hydrogen-bond donors (Lipinski definition) is 0. The van der Waals surface area contributed by atoms with Crippen LogP contribution in [0.5, 0.6) is 0 Å². The van der Waals surface area contributed by atoms with Crippen LogP contribution in [0.1, 0.15) is 42.5 Å². The highest BCUT2D eigenvalue weighted by Gasteiger charge is 2.35. The van der Waals surface area contributed by atoms with Gasteiger partial charge in [-0.15, -0.1) is 0 Å². The number of benzene rings is 8. The first-order valence-electron chi connectivity index (χ1n) is 17.9. The van der Waals surface area contributed by atoms with Crippen LogP contribution in [0, 0.1) is 0 Å². The summed E-state index contributed by atoms with van der Waals surface area (Å²) < 4.78 is 2.54. The van der Waals surface area contributed by atoms with Gasteiger partial charge in [-0.05, 0) is 132 Å². The van der Waals surface area contributed by atoms with E-state index in [1.54, 1.807) is 0 Å². The van der Waals surface area contributed by atoms with Gasteiger partial charge in [0.05, 0.1) is 16.7 Å². The number of aromatic nitrogens is 1. The summed E-state index contributed by atoms with van der Waals surface area (Å²) >= 11 is 0. The first kappa shape index (κ1) is 28.0. The van der Waals surface area contributed by atoms with Gasteiger partial charge >= 0.3 is 0 Å². The number of aryl methyl sites for hydroxylation is 1. The summed E-state index contributed by atoms with van der Waals surface area (Å²) in [6.07, 6.45) is 6.89. The summed E-state index contributed by atoms with van der Waals surface area (Å²) in [7, 11) is 0. The molecule has 0 bridgehead atoms. The molecule has 0 radical (unpaired) electrons. The van der Waals surface area contributed by atoms with Crippen molar-refractivity contribution in [1.29, 1.82) is 0 Å². The summed E-state index contributed by atoms with van der Waals surface area (Å²) in [5.41, 5.74) is 14.5. The van der Waals surface area contributed by atoms with Gasteiger partial charge in [-0.3, -0.25) is 0 Å². The Bertz CT molecular complexity index is 2950. The second-order valence-corrected chi connectivity index (χ2v) is 14.8. The normalized spacial score (nSPS) is 14.5. The highest BCUT2D eigenvalue weighted by molar-refractivity contribution is 6.17. The van der Waals surface area contributed by atoms with Crippen molar-refractivity contribution in [1.82, 2.24) is 4.57 Å². The lowest BCUT2D eigenvalue weighted by Gasteiger charge is -2.35. The predicted molar refractivity (Wildman–Crippen MR) is 214 cm³/mol. The summed E-state index contributed by atoms with van der Waals surface area (Å²) in [6.45, 7) is 4.81. The van der Waals surface area contributed by atoms with E-state index in [1.807, 2.05) is 0 Å². The second kappa shape index (κ2) is 10.1. The molecule has 8 aromatic carbocycles. The van der Waals surface area contributed by atoms with Crippen LogP contribution in [0.3, 0.4) is 0 Å². The highest BCUT2D eigenvalue weighted by Crippen LogP contribution is 2.50. The smallest absolute Gasteiger partial charge is 0.0582 e. The van der Waals surface area contributed by atoms with Gasteiger partial charge in [0.25, 0.3) is 0 Å². The zero-order chi connectivity index (χ0) is 33.1. The van der Waals surface area contributed by atoms with Crippen LogP contribution >= 0.6 is 0 Å². The molecule has 0 N–H and O–H groups in total. The highest BCUT2D eigenvalue weighted by atomic mass is 15.0. The van der Waals surface area contributed by atoms with Crippen LogP contribution in [0.2, 0.25) is 0 Å². The van der Waals surface area contributed by atoms with E-state index in [2.05, 4.69) is 170 Å². The molecule has 1 aliphatic heterocycles. The van der Waals surface area contributed by atoms with Gasteiger partial charge in [0.15, 0.2) is 0 Å². The minimum Gasteiger partial charge on any atom is -0.309 e. The Morgan fingerprint density at radius 2 is 1.20 bits per heavy atom. The molecule has 50 heavy (non-hydrogen) atoms. The minimum absolute atomic E-state index is 0.174. The molecule has 0 fully saturated rings. The number of fused-ring (bicyclic) bond motifs is 11. The maximum atomic E-state index is 2.54. The van der Waals surface area contributed by atoms with E-state index in [9.17, 15) is 0 Å². The van der Waals surface area contributed by atoms with Gasteiger partial charge in [0, 0.05) is 16.2 Å². The van der Waals surface area contributed by atoms with Crippen LogP contribution in [0.4, 0.5) is 0 Å².